The second-order valence-corrected chi connectivity index (χ2v) is 8.67. The van der Waals surface area contributed by atoms with E-state index in [-0.39, 0.29) is 28.4 Å². The number of allylic oxidation sites excluding steroid dienone is 2. The number of carbonyl (C=O) groups is 3. The van der Waals surface area contributed by atoms with Gasteiger partial charge in [0.25, 0.3) is 5.91 Å². The van der Waals surface area contributed by atoms with Gasteiger partial charge in [-0.25, -0.2) is 4.79 Å². The van der Waals surface area contributed by atoms with Crippen LogP contribution in [-0.4, -0.2) is 49.9 Å². The molecule has 7 nitrogen and oxygen atoms in total. The Morgan fingerprint density at radius 1 is 1.13 bits per heavy atom. The van der Waals surface area contributed by atoms with Gasteiger partial charge in [-0.3, -0.25) is 9.59 Å². The highest BCUT2D eigenvalue weighted by atomic mass is 16.5. The van der Waals surface area contributed by atoms with Crippen molar-refractivity contribution in [1.29, 1.82) is 0 Å². The lowest BCUT2D eigenvalue weighted by atomic mass is 9.68. The van der Waals surface area contributed by atoms with Crippen molar-refractivity contribution >= 4 is 17.7 Å². The SMILES string of the molecule is COC(=O)C1=C2C(=O)NCCN2C2=C(C(=O)CC(C)(C)C2)C1c1ccc(OC)cc1. The molecule has 1 fully saturated rings. The summed E-state index contributed by atoms with van der Waals surface area (Å²) in [5.74, 6) is -0.894. The van der Waals surface area contributed by atoms with Crippen LogP contribution in [0.5, 0.6) is 5.75 Å². The van der Waals surface area contributed by atoms with Crippen molar-refractivity contribution in [2.75, 3.05) is 27.3 Å². The zero-order valence-electron chi connectivity index (χ0n) is 17.7. The van der Waals surface area contributed by atoms with Crippen LogP contribution >= 0.6 is 0 Å². The quantitative estimate of drug-likeness (QED) is 0.770. The average Bonchev–Trinajstić information content (AvgIpc) is 2.72. The monoisotopic (exact) mass is 410 g/mol. The number of ether oxygens (including phenoxy) is 2. The fraction of sp³-hybridized carbons (Fsp3) is 0.435. The summed E-state index contributed by atoms with van der Waals surface area (Å²) in [5, 5.41) is 2.83. The number of methoxy groups -OCH3 is 2. The molecule has 1 aromatic rings. The Morgan fingerprint density at radius 2 is 1.83 bits per heavy atom. The predicted octanol–water partition coefficient (Wildman–Crippen LogP) is 2.29. The topological polar surface area (TPSA) is 84.9 Å². The molecule has 3 aliphatic rings. The van der Waals surface area contributed by atoms with E-state index in [1.807, 2.05) is 17.0 Å². The average molecular weight is 410 g/mol. The van der Waals surface area contributed by atoms with Crippen molar-refractivity contribution in [3.8, 4) is 5.75 Å². The Hall–Kier alpha value is -3.09. The van der Waals surface area contributed by atoms with Crippen LogP contribution in [0.15, 0.2) is 46.8 Å². The van der Waals surface area contributed by atoms with E-state index in [4.69, 9.17) is 9.47 Å². The van der Waals surface area contributed by atoms with Crippen molar-refractivity contribution in [2.45, 2.75) is 32.6 Å². The van der Waals surface area contributed by atoms with Crippen molar-refractivity contribution in [1.82, 2.24) is 10.2 Å². The van der Waals surface area contributed by atoms with Gasteiger partial charge in [-0.1, -0.05) is 26.0 Å². The molecule has 30 heavy (non-hydrogen) atoms. The summed E-state index contributed by atoms with van der Waals surface area (Å²) in [4.78, 5) is 41.1. The number of carbonyl (C=O) groups excluding carboxylic acids is 3. The number of benzene rings is 1. The number of Topliss-reactive ketones (excluding diaryl/α,β-unsaturated/α-hetero) is 1. The maximum Gasteiger partial charge on any atom is 0.337 e. The first-order valence-electron chi connectivity index (χ1n) is 10.1. The summed E-state index contributed by atoms with van der Waals surface area (Å²) >= 11 is 0. The molecule has 2 aliphatic heterocycles. The van der Waals surface area contributed by atoms with E-state index in [0.717, 1.165) is 11.3 Å². The zero-order chi connectivity index (χ0) is 21.6. The molecule has 1 unspecified atom stereocenters. The maximum absolute atomic E-state index is 13.4. The normalized spacial score (nSPS) is 22.9. The van der Waals surface area contributed by atoms with E-state index >= 15 is 0 Å². The Morgan fingerprint density at radius 3 is 2.47 bits per heavy atom. The fourth-order valence-electron chi connectivity index (χ4n) is 4.74. The standard InChI is InChI=1S/C23H26N2O5/c1-23(2)11-15-18(16(26)12-23)17(13-5-7-14(29-3)8-6-13)19(22(28)30-4)20-21(27)24-9-10-25(15)20/h5-8,17H,9-12H2,1-4H3,(H,24,27). The highest BCUT2D eigenvalue weighted by molar-refractivity contribution is 6.09. The molecule has 1 N–H and O–H groups in total. The van der Waals surface area contributed by atoms with Gasteiger partial charge < -0.3 is 19.7 Å². The molecule has 1 aliphatic carbocycles. The van der Waals surface area contributed by atoms with Crippen LogP contribution in [0.3, 0.4) is 0 Å². The molecule has 158 valence electrons. The molecule has 0 radical (unpaired) electrons. The van der Waals surface area contributed by atoms with Gasteiger partial charge in [0.05, 0.1) is 19.8 Å². The third-order valence-corrected chi connectivity index (χ3v) is 6.02. The van der Waals surface area contributed by atoms with Crippen LogP contribution in [0.25, 0.3) is 0 Å². The zero-order valence-corrected chi connectivity index (χ0v) is 17.7. The smallest absolute Gasteiger partial charge is 0.337 e. The van der Waals surface area contributed by atoms with E-state index in [1.165, 1.54) is 7.11 Å². The highest BCUT2D eigenvalue weighted by Gasteiger charge is 2.48. The van der Waals surface area contributed by atoms with Gasteiger partial charge in [-0.05, 0) is 29.5 Å². The Bertz CT molecular complexity index is 987. The van der Waals surface area contributed by atoms with Gasteiger partial charge in [0.1, 0.15) is 11.4 Å². The van der Waals surface area contributed by atoms with Crippen molar-refractivity contribution < 1.29 is 23.9 Å². The largest absolute Gasteiger partial charge is 0.497 e. The molecule has 0 spiro atoms. The lowest BCUT2D eigenvalue weighted by Crippen LogP contribution is -2.51. The van der Waals surface area contributed by atoms with Gasteiger partial charge in [0.15, 0.2) is 5.78 Å². The van der Waals surface area contributed by atoms with Crippen LogP contribution in [-0.2, 0) is 19.1 Å². The van der Waals surface area contributed by atoms with Gasteiger partial charge in [-0.2, -0.15) is 0 Å². The lowest BCUT2D eigenvalue weighted by Gasteiger charge is -2.46. The molecule has 2 heterocycles. The third-order valence-electron chi connectivity index (χ3n) is 6.02. The van der Waals surface area contributed by atoms with Gasteiger partial charge in [-0.15, -0.1) is 0 Å². The Balaban J connectivity index is 1.99. The molecular formula is C23H26N2O5. The minimum atomic E-state index is -0.656. The molecule has 0 saturated carbocycles. The number of piperazine rings is 1. The summed E-state index contributed by atoms with van der Waals surface area (Å²) in [6.45, 7) is 5.08. The van der Waals surface area contributed by atoms with E-state index in [1.54, 1.807) is 19.2 Å². The summed E-state index contributed by atoms with van der Waals surface area (Å²) < 4.78 is 10.3. The number of hydrogen-bond donors (Lipinski definition) is 1. The number of ketones is 1. The molecule has 1 saturated heterocycles. The van der Waals surface area contributed by atoms with Crippen molar-refractivity contribution in [3.63, 3.8) is 0 Å². The first kappa shape index (κ1) is 20.2. The summed E-state index contributed by atoms with van der Waals surface area (Å²) in [5.41, 5.74) is 2.47. The van der Waals surface area contributed by atoms with Gasteiger partial charge >= 0.3 is 5.97 Å². The third kappa shape index (κ3) is 3.18. The molecule has 0 aromatic heterocycles. The minimum absolute atomic E-state index is 0.00787. The van der Waals surface area contributed by atoms with Crippen molar-refractivity contribution in [2.24, 2.45) is 5.41 Å². The van der Waals surface area contributed by atoms with Crippen LogP contribution < -0.4 is 10.1 Å². The lowest BCUT2D eigenvalue weighted by molar-refractivity contribution is -0.137. The van der Waals surface area contributed by atoms with Crippen LogP contribution in [0.1, 0.15) is 38.2 Å². The van der Waals surface area contributed by atoms with E-state index < -0.39 is 11.9 Å². The summed E-state index contributed by atoms with van der Waals surface area (Å²) in [7, 11) is 2.87. The predicted molar refractivity (Wildman–Crippen MR) is 110 cm³/mol. The van der Waals surface area contributed by atoms with Gasteiger partial charge in [0, 0.05) is 36.7 Å². The van der Waals surface area contributed by atoms with E-state index in [2.05, 4.69) is 19.2 Å². The van der Waals surface area contributed by atoms with Crippen molar-refractivity contribution in [3.05, 3.63) is 52.4 Å². The van der Waals surface area contributed by atoms with Crippen LogP contribution in [0, 0.1) is 5.41 Å². The summed E-state index contributed by atoms with van der Waals surface area (Å²) in [6.07, 6.45) is 1.05. The Labute approximate surface area is 175 Å². The van der Waals surface area contributed by atoms with Gasteiger partial charge in [0.2, 0.25) is 0 Å². The number of esters is 1. The molecule has 7 heteroatoms. The molecule has 1 aromatic carbocycles. The maximum atomic E-state index is 13.4. The second-order valence-electron chi connectivity index (χ2n) is 8.67. The number of hydrogen-bond acceptors (Lipinski definition) is 6. The summed E-state index contributed by atoms with van der Waals surface area (Å²) in [6, 6.07) is 7.25. The molecule has 4 rings (SSSR count). The number of rotatable bonds is 3. The molecular weight excluding hydrogens is 384 g/mol. The number of amides is 1. The number of fused-ring (bicyclic) bond motifs is 2. The van der Waals surface area contributed by atoms with Crippen LogP contribution in [0.4, 0.5) is 0 Å². The Kier molecular flexibility index (Phi) is 4.92. The second kappa shape index (κ2) is 7.31. The highest BCUT2D eigenvalue weighted by Crippen LogP contribution is 2.50. The number of nitrogens with one attached hydrogen (secondary N) is 1. The first-order chi connectivity index (χ1) is 14.3. The van der Waals surface area contributed by atoms with Crippen LogP contribution in [0.2, 0.25) is 0 Å². The molecule has 1 amide bonds. The first-order valence-corrected chi connectivity index (χ1v) is 10.1. The minimum Gasteiger partial charge on any atom is -0.497 e. The number of nitrogens with zero attached hydrogens (tertiary/aromatic N) is 1. The fourth-order valence-corrected chi connectivity index (χ4v) is 4.74. The molecule has 0 bridgehead atoms. The van der Waals surface area contributed by atoms with E-state index in [9.17, 15) is 14.4 Å². The molecule has 1 atom stereocenters. The van der Waals surface area contributed by atoms with E-state index in [0.29, 0.717) is 37.3 Å².